The van der Waals surface area contributed by atoms with E-state index in [9.17, 15) is 18.9 Å². The molecular weight excluding hydrogens is 300 g/mol. The zero-order chi connectivity index (χ0) is 16.1. The predicted octanol–water partition coefficient (Wildman–Crippen LogP) is 2.47. The molecule has 0 bridgehead atoms. The highest BCUT2D eigenvalue weighted by Gasteiger charge is 2.30. The van der Waals surface area contributed by atoms with Crippen molar-refractivity contribution in [3.63, 3.8) is 0 Å². The zero-order valence-electron chi connectivity index (χ0n) is 12.0. The van der Waals surface area contributed by atoms with E-state index in [2.05, 4.69) is 5.10 Å². The number of aromatic nitrogens is 2. The standard InChI is InChI=1S/C13H19F2N3O4/c14-13(15)12-11(18(20)21)7-17(16-12)10-3-1-9(2-4-10)8-22-6-5-19/h7,9-10,13,19H,1-6,8H2. The summed E-state index contributed by atoms with van der Waals surface area (Å²) in [6.45, 7) is 0.862. The highest BCUT2D eigenvalue weighted by Crippen LogP contribution is 2.35. The van der Waals surface area contributed by atoms with Crippen molar-refractivity contribution in [1.82, 2.24) is 9.78 Å². The van der Waals surface area contributed by atoms with Gasteiger partial charge in [-0.2, -0.15) is 5.10 Å². The van der Waals surface area contributed by atoms with E-state index in [1.54, 1.807) is 0 Å². The molecule has 0 radical (unpaired) electrons. The van der Waals surface area contributed by atoms with Gasteiger partial charge < -0.3 is 9.84 Å². The minimum absolute atomic E-state index is 0.0112. The van der Waals surface area contributed by atoms with Crippen molar-refractivity contribution in [1.29, 1.82) is 0 Å². The van der Waals surface area contributed by atoms with Gasteiger partial charge in [0, 0.05) is 6.61 Å². The maximum absolute atomic E-state index is 12.8. The summed E-state index contributed by atoms with van der Waals surface area (Å²) in [5.41, 5.74) is -1.39. The second-order valence-electron chi connectivity index (χ2n) is 5.41. The van der Waals surface area contributed by atoms with Crippen LogP contribution in [0.15, 0.2) is 6.20 Å². The number of hydrogen-bond donors (Lipinski definition) is 1. The number of rotatable bonds is 7. The molecule has 2 rings (SSSR count). The lowest BCUT2D eigenvalue weighted by Gasteiger charge is -2.28. The van der Waals surface area contributed by atoms with Crippen molar-refractivity contribution in [2.24, 2.45) is 5.92 Å². The zero-order valence-corrected chi connectivity index (χ0v) is 12.0. The smallest absolute Gasteiger partial charge is 0.316 e. The largest absolute Gasteiger partial charge is 0.394 e. The summed E-state index contributed by atoms with van der Waals surface area (Å²) in [7, 11) is 0. The molecule has 0 atom stereocenters. The molecule has 9 heteroatoms. The topological polar surface area (TPSA) is 90.4 Å². The van der Waals surface area contributed by atoms with Gasteiger partial charge in [-0.3, -0.25) is 14.8 Å². The van der Waals surface area contributed by atoms with Gasteiger partial charge in [-0.1, -0.05) is 0 Å². The number of nitrogens with zero attached hydrogens (tertiary/aromatic N) is 3. The summed E-state index contributed by atoms with van der Waals surface area (Å²) in [5, 5.41) is 23.2. The summed E-state index contributed by atoms with van der Waals surface area (Å²) in [6.07, 6.45) is 1.27. The molecule has 124 valence electrons. The quantitative estimate of drug-likeness (QED) is 0.473. The van der Waals surface area contributed by atoms with E-state index in [0.717, 1.165) is 19.0 Å². The molecule has 1 aromatic heterocycles. The molecule has 1 heterocycles. The van der Waals surface area contributed by atoms with Crippen molar-refractivity contribution in [2.75, 3.05) is 19.8 Å². The Bertz CT molecular complexity index is 501. The van der Waals surface area contributed by atoms with Crippen LogP contribution >= 0.6 is 0 Å². The third kappa shape index (κ3) is 3.98. The molecule has 1 N–H and O–H groups in total. The van der Waals surface area contributed by atoms with Crippen LogP contribution in [0.1, 0.15) is 43.8 Å². The lowest BCUT2D eigenvalue weighted by molar-refractivity contribution is -0.386. The molecule has 1 aromatic rings. The predicted molar refractivity (Wildman–Crippen MR) is 72.7 cm³/mol. The molecule has 7 nitrogen and oxygen atoms in total. The normalized spacial score (nSPS) is 22.2. The molecular formula is C13H19F2N3O4. The van der Waals surface area contributed by atoms with Crippen LogP contribution in [0.25, 0.3) is 0 Å². The fraction of sp³-hybridized carbons (Fsp3) is 0.769. The lowest BCUT2D eigenvalue weighted by atomic mass is 9.86. The first-order chi connectivity index (χ1) is 10.5. The second-order valence-corrected chi connectivity index (χ2v) is 5.41. The fourth-order valence-corrected chi connectivity index (χ4v) is 2.77. The molecule has 0 aromatic carbocycles. The van der Waals surface area contributed by atoms with Gasteiger partial charge in [0.25, 0.3) is 6.43 Å². The van der Waals surface area contributed by atoms with Gasteiger partial charge in [-0.25, -0.2) is 8.78 Å². The summed E-state index contributed by atoms with van der Waals surface area (Å²) in [5.74, 6) is 0.364. The van der Waals surface area contributed by atoms with Crippen LogP contribution in [0, 0.1) is 16.0 Å². The highest BCUT2D eigenvalue weighted by molar-refractivity contribution is 5.33. The molecule has 0 spiro atoms. The molecule has 1 aliphatic carbocycles. The Balaban J connectivity index is 1.96. The Labute approximate surface area is 126 Å². The average Bonchev–Trinajstić information content (AvgIpc) is 2.94. The van der Waals surface area contributed by atoms with Gasteiger partial charge in [-0.05, 0) is 31.6 Å². The van der Waals surface area contributed by atoms with Crippen molar-refractivity contribution < 1.29 is 23.5 Å². The van der Waals surface area contributed by atoms with E-state index in [1.165, 1.54) is 4.68 Å². The van der Waals surface area contributed by atoms with Crippen molar-refractivity contribution >= 4 is 5.69 Å². The Kier molecular flexibility index (Phi) is 5.78. The van der Waals surface area contributed by atoms with Gasteiger partial charge in [0.1, 0.15) is 6.20 Å². The number of alkyl halides is 2. The van der Waals surface area contributed by atoms with E-state index in [1.807, 2.05) is 0 Å². The summed E-state index contributed by atoms with van der Waals surface area (Å²) < 4.78 is 32.2. The maximum Gasteiger partial charge on any atom is 0.316 e. The highest BCUT2D eigenvalue weighted by atomic mass is 19.3. The Morgan fingerprint density at radius 2 is 2.14 bits per heavy atom. The number of ether oxygens (including phenoxy) is 1. The van der Waals surface area contributed by atoms with Crippen molar-refractivity contribution in [3.05, 3.63) is 22.0 Å². The number of aliphatic hydroxyl groups excluding tert-OH is 1. The van der Waals surface area contributed by atoms with E-state index < -0.39 is 22.7 Å². The molecule has 0 saturated heterocycles. The van der Waals surface area contributed by atoms with Crippen molar-refractivity contribution in [2.45, 2.75) is 38.2 Å². The van der Waals surface area contributed by atoms with Gasteiger partial charge >= 0.3 is 5.69 Å². The maximum atomic E-state index is 12.8. The number of halogens is 2. The number of nitro groups is 1. The Morgan fingerprint density at radius 1 is 1.45 bits per heavy atom. The third-order valence-electron chi connectivity index (χ3n) is 3.92. The van der Waals surface area contributed by atoms with Gasteiger partial charge in [0.05, 0.1) is 24.2 Å². The summed E-state index contributed by atoms with van der Waals surface area (Å²) in [4.78, 5) is 9.98. The summed E-state index contributed by atoms with van der Waals surface area (Å²) in [6, 6.07) is -0.0970. The minimum atomic E-state index is -2.95. The average molecular weight is 319 g/mol. The third-order valence-corrected chi connectivity index (χ3v) is 3.92. The van der Waals surface area contributed by atoms with E-state index in [4.69, 9.17) is 9.84 Å². The van der Waals surface area contributed by atoms with E-state index in [-0.39, 0.29) is 12.6 Å². The van der Waals surface area contributed by atoms with Crippen LogP contribution in [0.2, 0.25) is 0 Å². The molecule has 1 aliphatic rings. The van der Waals surface area contributed by atoms with Crippen molar-refractivity contribution in [3.8, 4) is 0 Å². The first kappa shape index (κ1) is 16.8. The van der Waals surface area contributed by atoms with Crippen LogP contribution in [-0.4, -0.2) is 39.6 Å². The van der Waals surface area contributed by atoms with E-state index >= 15 is 0 Å². The van der Waals surface area contributed by atoms with Crippen LogP contribution < -0.4 is 0 Å². The first-order valence-electron chi connectivity index (χ1n) is 7.23. The van der Waals surface area contributed by atoms with Crippen LogP contribution in [0.5, 0.6) is 0 Å². The SMILES string of the molecule is O=[N+]([O-])c1cn(C2CCC(COCCO)CC2)nc1C(F)F. The molecule has 0 unspecified atom stereocenters. The van der Waals surface area contributed by atoms with Crippen LogP contribution in [0.4, 0.5) is 14.5 Å². The molecule has 0 amide bonds. The Hall–Kier alpha value is -1.61. The van der Waals surface area contributed by atoms with Crippen LogP contribution in [0.3, 0.4) is 0 Å². The summed E-state index contributed by atoms with van der Waals surface area (Å²) >= 11 is 0. The minimum Gasteiger partial charge on any atom is -0.394 e. The molecule has 1 saturated carbocycles. The van der Waals surface area contributed by atoms with Gasteiger partial charge in [0.2, 0.25) is 5.69 Å². The Morgan fingerprint density at radius 3 is 2.64 bits per heavy atom. The monoisotopic (exact) mass is 319 g/mol. The van der Waals surface area contributed by atoms with Gasteiger partial charge in [0.15, 0.2) is 0 Å². The number of aliphatic hydroxyl groups is 1. The fourth-order valence-electron chi connectivity index (χ4n) is 2.77. The molecule has 0 aliphatic heterocycles. The molecule has 1 fully saturated rings. The van der Waals surface area contributed by atoms with Crippen LogP contribution in [-0.2, 0) is 4.74 Å². The first-order valence-corrected chi connectivity index (χ1v) is 7.23. The van der Waals surface area contributed by atoms with Gasteiger partial charge in [-0.15, -0.1) is 0 Å². The number of hydrogen-bond acceptors (Lipinski definition) is 5. The lowest BCUT2D eigenvalue weighted by Crippen LogP contribution is -2.22. The second kappa shape index (κ2) is 7.59. The molecule has 22 heavy (non-hydrogen) atoms. The van der Waals surface area contributed by atoms with E-state index in [0.29, 0.717) is 32.0 Å².